The van der Waals surface area contributed by atoms with E-state index in [-0.39, 0.29) is 0 Å². The van der Waals surface area contributed by atoms with Crippen molar-refractivity contribution in [3.05, 3.63) is 94.5 Å². The van der Waals surface area contributed by atoms with Gasteiger partial charge in [-0.1, -0.05) is 42.5 Å². The van der Waals surface area contributed by atoms with Gasteiger partial charge in [-0.05, 0) is 35.4 Å². The van der Waals surface area contributed by atoms with Crippen LogP contribution in [0.2, 0.25) is 0 Å². The topological polar surface area (TPSA) is 61.6 Å². The first-order valence-electron chi connectivity index (χ1n) is 8.14. The SMILES string of the molecule is NC(=O)c1ccc2c(c1)COC21c2ccccc2Oc2ccccc21. The van der Waals surface area contributed by atoms with E-state index in [9.17, 15) is 4.79 Å². The van der Waals surface area contributed by atoms with Crippen molar-refractivity contribution in [2.45, 2.75) is 12.2 Å². The molecule has 1 amide bonds. The molecule has 122 valence electrons. The monoisotopic (exact) mass is 329 g/mol. The van der Waals surface area contributed by atoms with Crippen molar-refractivity contribution in [1.29, 1.82) is 0 Å². The lowest BCUT2D eigenvalue weighted by Crippen LogP contribution is -2.32. The number of fused-ring (bicyclic) bond motifs is 6. The Hall–Kier alpha value is -3.11. The summed E-state index contributed by atoms with van der Waals surface area (Å²) < 4.78 is 12.5. The summed E-state index contributed by atoms with van der Waals surface area (Å²) in [5.74, 6) is 1.14. The molecule has 4 heteroatoms. The lowest BCUT2D eigenvalue weighted by molar-refractivity contribution is 0.0199. The molecule has 5 rings (SSSR count). The van der Waals surface area contributed by atoms with Crippen LogP contribution in [-0.2, 0) is 16.9 Å². The van der Waals surface area contributed by atoms with Gasteiger partial charge in [-0.25, -0.2) is 0 Å². The largest absolute Gasteiger partial charge is 0.457 e. The van der Waals surface area contributed by atoms with Crippen LogP contribution in [0, 0.1) is 0 Å². The van der Waals surface area contributed by atoms with E-state index in [2.05, 4.69) is 0 Å². The van der Waals surface area contributed by atoms with Crippen LogP contribution in [0.15, 0.2) is 66.7 Å². The van der Waals surface area contributed by atoms with Gasteiger partial charge in [0.25, 0.3) is 0 Å². The maximum Gasteiger partial charge on any atom is 0.248 e. The molecule has 0 aromatic heterocycles. The summed E-state index contributed by atoms with van der Waals surface area (Å²) in [7, 11) is 0. The Labute approximate surface area is 144 Å². The van der Waals surface area contributed by atoms with Crippen LogP contribution in [0.25, 0.3) is 0 Å². The molecule has 4 nitrogen and oxygen atoms in total. The Morgan fingerprint density at radius 3 is 2.16 bits per heavy atom. The smallest absolute Gasteiger partial charge is 0.248 e. The molecule has 0 aliphatic carbocycles. The minimum atomic E-state index is -0.725. The van der Waals surface area contributed by atoms with Crippen molar-refractivity contribution in [3.8, 4) is 11.5 Å². The lowest BCUT2D eigenvalue weighted by Gasteiger charge is -2.37. The van der Waals surface area contributed by atoms with Crippen LogP contribution in [0.1, 0.15) is 32.6 Å². The van der Waals surface area contributed by atoms with E-state index in [0.29, 0.717) is 12.2 Å². The highest BCUT2D eigenvalue weighted by atomic mass is 16.5. The van der Waals surface area contributed by atoms with Gasteiger partial charge in [-0.15, -0.1) is 0 Å². The summed E-state index contributed by atoms with van der Waals surface area (Å²) in [5, 5.41) is 0. The van der Waals surface area contributed by atoms with Crippen LogP contribution >= 0.6 is 0 Å². The summed E-state index contributed by atoms with van der Waals surface area (Å²) in [6.07, 6.45) is 0. The Balaban J connectivity index is 1.83. The quantitative estimate of drug-likeness (QED) is 0.740. The molecule has 0 bridgehead atoms. The number of benzene rings is 3. The highest BCUT2D eigenvalue weighted by molar-refractivity contribution is 5.93. The molecule has 3 aromatic rings. The molecule has 25 heavy (non-hydrogen) atoms. The van der Waals surface area contributed by atoms with Gasteiger partial charge < -0.3 is 15.2 Å². The molecule has 0 atom stereocenters. The zero-order valence-electron chi connectivity index (χ0n) is 13.4. The van der Waals surface area contributed by atoms with Crippen LogP contribution < -0.4 is 10.5 Å². The fourth-order valence-corrected chi connectivity index (χ4v) is 3.88. The van der Waals surface area contributed by atoms with Gasteiger partial charge in [0.05, 0.1) is 6.61 Å². The Kier molecular flexibility index (Phi) is 2.82. The number of carbonyl (C=O) groups is 1. The fraction of sp³-hybridized carbons (Fsp3) is 0.0952. The summed E-state index contributed by atoms with van der Waals surface area (Å²) in [6.45, 7) is 0.416. The average Bonchev–Trinajstić information content (AvgIpc) is 3.02. The van der Waals surface area contributed by atoms with E-state index in [1.54, 1.807) is 6.07 Å². The van der Waals surface area contributed by atoms with Crippen LogP contribution in [0.4, 0.5) is 0 Å². The fourth-order valence-electron chi connectivity index (χ4n) is 3.88. The number of hydrogen-bond donors (Lipinski definition) is 1. The number of para-hydroxylation sites is 2. The maximum absolute atomic E-state index is 11.5. The molecule has 2 aliphatic rings. The van der Waals surface area contributed by atoms with E-state index >= 15 is 0 Å². The first-order valence-corrected chi connectivity index (χ1v) is 8.14. The number of nitrogens with two attached hydrogens (primary N) is 1. The van der Waals surface area contributed by atoms with E-state index < -0.39 is 11.5 Å². The number of ether oxygens (including phenoxy) is 2. The van der Waals surface area contributed by atoms with Crippen LogP contribution in [0.3, 0.4) is 0 Å². The van der Waals surface area contributed by atoms with E-state index in [4.69, 9.17) is 15.2 Å². The Morgan fingerprint density at radius 1 is 0.880 bits per heavy atom. The van der Waals surface area contributed by atoms with E-state index in [1.165, 1.54) is 0 Å². The summed E-state index contributed by atoms with van der Waals surface area (Å²) in [4.78, 5) is 11.5. The molecule has 0 unspecified atom stereocenters. The molecule has 0 saturated carbocycles. The minimum Gasteiger partial charge on any atom is -0.457 e. The Morgan fingerprint density at radius 2 is 1.52 bits per heavy atom. The van der Waals surface area contributed by atoms with Crippen molar-refractivity contribution in [2.75, 3.05) is 0 Å². The summed E-state index contributed by atoms with van der Waals surface area (Å²) in [6, 6.07) is 21.4. The second kappa shape index (κ2) is 4.94. The van der Waals surface area contributed by atoms with Gasteiger partial charge in [-0.3, -0.25) is 4.79 Å². The normalized spacial score (nSPS) is 15.8. The zero-order chi connectivity index (χ0) is 17.0. The number of primary amides is 1. The molecule has 2 heterocycles. The van der Waals surface area contributed by atoms with Crippen molar-refractivity contribution < 1.29 is 14.3 Å². The number of rotatable bonds is 1. The van der Waals surface area contributed by atoms with Crippen molar-refractivity contribution in [2.24, 2.45) is 5.73 Å². The number of hydrogen-bond acceptors (Lipinski definition) is 3. The predicted octanol–water partition coefficient (Wildman–Crippen LogP) is 3.71. The van der Waals surface area contributed by atoms with Gasteiger partial charge in [0.15, 0.2) is 5.60 Å². The highest BCUT2D eigenvalue weighted by Gasteiger charge is 2.49. The third kappa shape index (κ3) is 1.83. The van der Waals surface area contributed by atoms with Gasteiger partial charge in [-0.2, -0.15) is 0 Å². The molecule has 0 fully saturated rings. The summed E-state index contributed by atoms with van der Waals surface area (Å²) in [5.41, 5.74) is 9.15. The van der Waals surface area contributed by atoms with Crippen LogP contribution in [0.5, 0.6) is 11.5 Å². The second-order valence-electron chi connectivity index (χ2n) is 6.30. The molecule has 2 N–H and O–H groups in total. The minimum absolute atomic E-state index is 0.416. The molecule has 2 aliphatic heterocycles. The molecular weight excluding hydrogens is 314 g/mol. The second-order valence-corrected chi connectivity index (χ2v) is 6.30. The first-order chi connectivity index (χ1) is 12.2. The van der Waals surface area contributed by atoms with Gasteiger partial charge in [0.1, 0.15) is 11.5 Å². The molecular formula is C21H15NO3. The molecule has 1 spiro atoms. The third-order valence-corrected chi connectivity index (χ3v) is 4.97. The number of amides is 1. The standard InChI is InChI=1S/C21H15NO3/c22-20(23)13-9-10-15-14(11-13)12-24-21(15)16-5-1-3-7-18(16)25-19-8-4-2-6-17(19)21/h1-11H,12H2,(H2,22,23). The summed E-state index contributed by atoms with van der Waals surface area (Å²) >= 11 is 0. The van der Waals surface area contributed by atoms with E-state index in [1.807, 2.05) is 60.7 Å². The average molecular weight is 329 g/mol. The van der Waals surface area contributed by atoms with Crippen molar-refractivity contribution in [1.82, 2.24) is 0 Å². The van der Waals surface area contributed by atoms with E-state index in [0.717, 1.165) is 33.8 Å². The molecule has 3 aromatic carbocycles. The predicted molar refractivity (Wildman–Crippen MR) is 92.6 cm³/mol. The van der Waals surface area contributed by atoms with Crippen molar-refractivity contribution >= 4 is 5.91 Å². The first kappa shape index (κ1) is 14.3. The van der Waals surface area contributed by atoms with Crippen LogP contribution in [-0.4, -0.2) is 5.91 Å². The number of carbonyl (C=O) groups excluding carboxylic acids is 1. The maximum atomic E-state index is 11.5. The molecule has 0 radical (unpaired) electrons. The third-order valence-electron chi connectivity index (χ3n) is 4.97. The van der Waals surface area contributed by atoms with Gasteiger partial charge in [0, 0.05) is 16.7 Å². The molecule has 0 saturated heterocycles. The van der Waals surface area contributed by atoms with Crippen molar-refractivity contribution in [3.63, 3.8) is 0 Å². The van der Waals surface area contributed by atoms with Gasteiger partial charge >= 0.3 is 0 Å². The zero-order valence-corrected chi connectivity index (χ0v) is 13.4. The van der Waals surface area contributed by atoms with Gasteiger partial charge in [0.2, 0.25) is 5.91 Å². The lowest BCUT2D eigenvalue weighted by atomic mass is 9.77. The Bertz CT molecular complexity index is 980. The highest BCUT2D eigenvalue weighted by Crippen LogP contribution is 2.55.